The minimum absolute atomic E-state index is 0.0722. The van der Waals surface area contributed by atoms with Gasteiger partial charge >= 0.3 is 5.63 Å². The highest BCUT2D eigenvalue weighted by Gasteiger charge is 2.08. The van der Waals surface area contributed by atoms with Gasteiger partial charge in [0.1, 0.15) is 17.0 Å². The van der Waals surface area contributed by atoms with E-state index in [0.717, 1.165) is 0 Å². The van der Waals surface area contributed by atoms with E-state index in [1.807, 2.05) is 0 Å². The van der Waals surface area contributed by atoms with E-state index in [1.165, 1.54) is 13.2 Å². The van der Waals surface area contributed by atoms with Crippen LogP contribution in [0.3, 0.4) is 0 Å². The van der Waals surface area contributed by atoms with Crippen molar-refractivity contribution in [2.24, 2.45) is 5.11 Å². The van der Waals surface area contributed by atoms with Crippen molar-refractivity contribution in [1.82, 2.24) is 0 Å². The van der Waals surface area contributed by atoms with Gasteiger partial charge in [0.15, 0.2) is 0 Å². The second-order valence-corrected chi connectivity index (χ2v) is 3.99. The fraction of sp³-hybridized carbons (Fsp3) is 0.100. The average Bonchev–Trinajstić information content (AvgIpc) is 2.30. The number of methoxy groups -OCH3 is 1. The Morgan fingerprint density at radius 3 is 2.88 bits per heavy atom. The summed E-state index contributed by atoms with van der Waals surface area (Å²) in [4.78, 5) is 14.0. The first-order chi connectivity index (χ1) is 8.15. The summed E-state index contributed by atoms with van der Waals surface area (Å²) in [5.41, 5.74) is 7.92. The Morgan fingerprint density at radius 2 is 2.24 bits per heavy atom. The van der Waals surface area contributed by atoms with Crippen molar-refractivity contribution in [3.8, 4) is 5.75 Å². The number of azide groups is 1. The molecule has 86 valence electrons. The zero-order valence-electron chi connectivity index (χ0n) is 8.68. The lowest BCUT2D eigenvalue weighted by Crippen LogP contribution is -1.97. The van der Waals surface area contributed by atoms with Crippen LogP contribution in [0.2, 0.25) is 0 Å². The van der Waals surface area contributed by atoms with Gasteiger partial charge in [0.05, 0.1) is 11.6 Å². The maximum Gasteiger partial charge on any atom is 0.345 e. The maximum absolute atomic E-state index is 11.4. The molecule has 0 aliphatic heterocycles. The monoisotopic (exact) mass is 295 g/mol. The number of ether oxygens (including phenoxy) is 1. The van der Waals surface area contributed by atoms with Crippen molar-refractivity contribution >= 4 is 32.6 Å². The lowest BCUT2D eigenvalue weighted by Gasteiger charge is -2.04. The molecule has 0 unspecified atom stereocenters. The normalized spacial score (nSPS) is 10.0. The molecule has 6 nitrogen and oxygen atoms in total. The van der Waals surface area contributed by atoms with Gasteiger partial charge in [-0.1, -0.05) is 5.11 Å². The van der Waals surface area contributed by atoms with E-state index >= 15 is 0 Å². The third kappa shape index (κ3) is 2.11. The molecule has 0 fully saturated rings. The van der Waals surface area contributed by atoms with Crippen LogP contribution < -0.4 is 10.4 Å². The summed E-state index contributed by atoms with van der Waals surface area (Å²) in [6, 6.07) is 4.76. The molecule has 0 aliphatic carbocycles. The summed E-state index contributed by atoms with van der Waals surface area (Å²) in [6.45, 7) is 0. The van der Waals surface area contributed by atoms with Crippen LogP contribution in [-0.4, -0.2) is 7.11 Å². The molecule has 1 heterocycles. The average molecular weight is 296 g/mol. The van der Waals surface area contributed by atoms with E-state index in [0.29, 0.717) is 21.2 Å². The molecule has 0 spiro atoms. The van der Waals surface area contributed by atoms with Crippen molar-refractivity contribution in [1.29, 1.82) is 0 Å². The van der Waals surface area contributed by atoms with E-state index in [-0.39, 0.29) is 5.69 Å². The molecule has 7 heteroatoms. The Balaban J connectivity index is 2.79. The molecule has 2 aromatic rings. The minimum atomic E-state index is -0.681. The lowest BCUT2D eigenvalue weighted by atomic mass is 10.2. The number of rotatable bonds is 2. The molecule has 17 heavy (non-hydrogen) atoms. The highest BCUT2D eigenvalue weighted by molar-refractivity contribution is 9.10. The van der Waals surface area contributed by atoms with Crippen molar-refractivity contribution in [3.05, 3.63) is 43.5 Å². The Hall–Kier alpha value is -1.98. The molecule has 1 aromatic heterocycles. The number of hydrogen-bond acceptors (Lipinski definition) is 4. The zero-order chi connectivity index (χ0) is 12.4. The summed E-state index contributed by atoms with van der Waals surface area (Å²) < 4.78 is 10.8. The van der Waals surface area contributed by atoms with E-state index in [2.05, 4.69) is 26.0 Å². The predicted molar refractivity (Wildman–Crippen MR) is 65.5 cm³/mol. The number of fused-ring (bicyclic) bond motifs is 1. The Labute approximate surface area is 104 Å². The summed E-state index contributed by atoms with van der Waals surface area (Å²) in [6.07, 6.45) is 0. The smallest absolute Gasteiger partial charge is 0.345 e. The standard InChI is InChI=1S/C10H6BrN3O3/c1-16-9-4-8-5(2-6(9)11)3-7(13-14-12)10(15)17-8/h2-4H,1H3. The van der Waals surface area contributed by atoms with Gasteiger partial charge in [0, 0.05) is 16.4 Å². The van der Waals surface area contributed by atoms with Crippen molar-refractivity contribution in [2.75, 3.05) is 7.11 Å². The summed E-state index contributed by atoms with van der Waals surface area (Å²) in [7, 11) is 1.51. The number of halogens is 1. The third-order valence-electron chi connectivity index (χ3n) is 2.14. The van der Waals surface area contributed by atoms with Crippen LogP contribution in [0.1, 0.15) is 0 Å². The third-order valence-corrected chi connectivity index (χ3v) is 2.76. The number of benzene rings is 1. The predicted octanol–water partition coefficient (Wildman–Crippen LogP) is 3.51. The quantitative estimate of drug-likeness (QED) is 0.367. The van der Waals surface area contributed by atoms with Crippen LogP contribution in [-0.2, 0) is 0 Å². The topological polar surface area (TPSA) is 88.2 Å². The molecular weight excluding hydrogens is 290 g/mol. The number of nitrogens with zero attached hydrogens (tertiary/aromatic N) is 3. The highest BCUT2D eigenvalue weighted by Crippen LogP contribution is 2.30. The summed E-state index contributed by atoms with van der Waals surface area (Å²) in [5, 5.41) is 3.89. The first-order valence-corrected chi connectivity index (χ1v) is 5.31. The fourth-order valence-electron chi connectivity index (χ4n) is 1.38. The molecule has 0 atom stereocenters. The van der Waals surface area contributed by atoms with Crippen molar-refractivity contribution < 1.29 is 9.15 Å². The molecule has 0 saturated carbocycles. The van der Waals surface area contributed by atoms with E-state index in [9.17, 15) is 4.79 Å². The van der Waals surface area contributed by atoms with Gasteiger partial charge in [-0.25, -0.2) is 4.79 Å². The molecule has 2 rings (SSSR count). The molecule has 0 radical (unpaired) electrons. The van der Waals surface area contributed by atoms with E-state index in [1.54, 1.807) is 12.1 Å². The molecule has 1 aromatic carbocycles. The van der Waals surface area contributed by atoms with Crippen molar-refractivity contribution in [3.63, 3.8) is 0 Å². The molecule has 0 aliphatic rings. The molecule has 0 N–H and O–H groups in total. The lowest BCUT2D eigenvalue weighted by molar-refractivity contribution is 0.411. The highest BCUT2D eigenvalue weighted by atomic mass is 79.9. The van der Waals surface area contributed by atoms with Crippen LogP contribution in [0.5, 0.6) is 5.75 Å². The van der Waals surface area contributed by atoms with Crippen molar-refractivity contribution in [2.45, 2.75) is 0 Å². The molecule has 0 bridgehead atoms. The molecule has 0 amide bonds. The molecule has 0 saturated heterocycles. The summed E-state index contributed by atoms with van der Waals surface area (Å²) >= 11 is 3.31. The van der Waals surface area contributed by atoms with Gasteiger partial charge in [0.25, 0.3) is 0 Å². The van der Waals surface area contributed by atoms with Crippen LogP contribution in [0, 0.1) is 0 Å². The van der Waals surface area contributed by atoms with Gasteiger partial charge in [0.2, 0.25) is 0 Å². The maximum atomic E-state index is 11.4. The second kappa shape index (κ2) is 4.48. The van der Waals surface area contributed by atoms with Gasteiger partial charge in [-0.2, -0.15) is 0 Å². The fourth-order valence-corrected chi connectivity index (χ4v) is 1.91. The second-order valence-electron chi connectivity index (χ2n) is 3.13. The molecular formula is C10H6BrN3O3. The van der Waals surface area contributed by atoms with Crippen LogP contribution >= 0.6 is 15.9 Å². The van der Waals surface area contributed by atoms with Crippen LogP contribution in [0.25, 0.3) is 21.4 Å². The van der Waals surface area contributed by atoms with Gasteiger partial charge in [-0.05, 0) is 33.6 Å². The Morgan fingerprint density at radius 1 is 1.47 bits per heavy atom. The van der Waals surface area contributed by atoms with Crippen LogP contribution in [0.4, 0.5) is 5.69 Å². The Bertz CT molecular complexity index is 689. The zero-order valence-corrected chi connectivity index (χ0v) is 10.3. The Kier molecular flexibility index (Phi) is 3.03. The van der Waals surface area contributed by atoms with Crippen LogP contribution in [0.15, 0.2) is 37.0 Å². The first-order valence-electron chi connectivity index (χ1n) is 4.52. The summed E-state index contributed by atoms with van der Waals surface area (Å²) in [5.74, 6) is 0.553. The van der Waals surface area contributed by atoms with Gasteiger partial charge < -0.3 is 9.15 Å². The largest absolute Gasteiger partial charge is 0.495 e. The number of hydrogen-bond donors (Lipinski definition) is 0. The minimum Gasteiger partial charge on any atom is -0.495 e. The van der Waals surface area contributed by atoms with E-state index < -0.39 is 5.63 Å². The van der Waals surface area contributed by atoms with Gasteiger partial charge in [-0.3, -0.25) is 0 Å². The van der Waals surface area contributed by atoms with Gasteiger partial charge in [-0.15, -0.1) is 0 Å². The first kappa shape index (κ1) is 11.5. The van der Waals surface area contributed by atoms with E-state index in [4.69, 9.17) is 14.7 Å². The SMILES string of the molecule is COc1cc2oc(=O)c(N=[N+]=[N-])cc2cc1Br.